The van der Waals surface area contributed by atoms with Gasteiger partial charge in [-0.1, -0.05) is 0 Å². The molecule has 0 unspecified atom stereocenters. The van der Waals surface area contributed by atoms with Gasteiger partial charge < -0.3 is 16.0 Å². The molecule has 2 heterocycles. The van der Waals surface area contributed by atoms with Gasteiger partial charge in [0.15, 0.2) is 5.16 Å². The molecule has 0 aliphatic rings. The van der Waals surface area contributed by atoms with Crippen molar-refractivity contribution in [2.75, 3.05) is 17.6 Å². The highest BCUT2D eigenvalue weighted by atomic mass is 32.2. The molecule has 8 heteroatoms. The van der Waals surface area contributed by atoms with Crippen LogP contribution in [0.25, 0.3) is 0 Å². The van der Waals surface area contributed by atoms with E-state index < -0.39 is 0 Å². The summed E-state index contributed by atoms with van der Waals surface area (Å²) in [5, 5.41) is 4.34. The summed E-state index contributed by atoms with van der Waals surface area (Å²) in [5.74, 6) is 1.63. The number of nitrogens with zero attached hydrogens (tertiary/aromatic N) is 3. The zero-order valence-electron chi connectivity index (χ0n) is 11.5. The molecule has 0 radical (unpaired) electrons. The summed E-state index contributed by atoms with van der Waals surface area (Å²) in [6, 6.07) is 1.24. The third-order valence-electron chi connectivity index (χ3n) is 2.49. The van der Waals surface area contributed by atoms with Crippen molar-refractivity contribution < 1.29 is 0 Å². The number of H-pyrrole nitrogens is 1. The summed E-state index contributed by atoms with van der Waals surface area (Å²) >= 11 is 1.26. The van der Waals surface area contributed by atoms with E-state index in [1.165, 1.54) is 17.8 Å². The number of rotatable bonds is 4. The van der Waals surface area contributed by atoms with Gasteiger partial charge in [-0.3, -0.25) is 4.79 Å². The average molecular weight is 292 g/mol. The van der Waals surface area contributed by atoms with Gasteiger partial charge in [-0.05, 0) is 32.5 Å². The lowest BCUT2D eigenvalue weighted by atomic mass is 10.3. The summed E-state index contributed by atoms with van der Waals surface area (Å²) in [5.41, 5.74) is 6.20. The van der Waals surface area contributed by atoms with Crippen LogP contribution in [0.3, 0.4) is 0 Å². The zero-order valence-corrected chi connectivity index (χ0v) is 12.3. The quantitative estimate of drug-likeness (QED) is 0.576. The first-order valence-corrected chi connectivity index (χ1v) is 6.95. The van der Waals surface area contributed by atoms with Crippen LogP contribution in [0.1, 0.15) is 18.3 Å². The number of nitrogens with one attached hydrogen (secondary N) is 2. The van der Waals surface area contributed by atoms with Crippen molar-refractivity contribution in [2.24, 2.45) is 0 Å². The fourth-order valence-electron chi connectivity index (χ4n) is 1.63. The largest absolute Gasteiger partial charge is 0.383 e. The van der Waals surface area contributed by atoms with Crippen molar-refractivity contribution in [2.45, 2.75) is 31.0 Å². The van der Waals surface area contributed by atoms with E-state index in [1.54, 1.807) is 0 Å². The maximum atomic E-state index is 11.4. The number of aromatic nitrogens is 4. The molecule has 0 saturated carbocycles. The maximum Gasteiger partial charge on any atom is 0.253 e. The van der Waals surface area contributed by atoms with Crippen LogP contribution in [-0.2, 0) is 0 Å². The molecular weight excluding hydrogens is 276 g/mol. The minimum absolute atomic E-state index is 0.187. The van der Waals surface area contributed by atoms with Crippen LogP contribution in [0.2, 0.25) is 0 Å². The molecule has 0 bridgehead atoms. The van der Waals surface area contributed by atoms with Crippen molar-refractivity contribution in [3.63, 3.8) is 0 Å². The van der Waals surface area contributed by atoms with Gasteiger partial charge in [0.2, 0.25) is 0 Å². The first-order chi connectivity index (χ1) is 9.49. The number of nitrogens with two attached hydrogens (primary N) is 1. The number of hydrogen-bond acceptors (Lipinski definition) is 7. The van der Waals surface area contributed by atoms with Crippen molar-refractivity contribution in [3.05, 3.63) is 27.8 Å². The summed E-state index contributed by atoms with van der Waals surface area (Å²) in [7, 11) is 0. The van der Waals surface area contributed by atoms with E-state index in [2.05, 4.69) is 25.3 Å². The first kappa shape index (κ1) is 14.3. The fraction of sp³-hybridized carbons (Fsp3) is 0.333. The molecule has 2 aromatic rings. The Morgan fingerprint density at radius 1 is 1.35 bits per heavy atom. The van der Waals surface area contributed by atoms with Crippen LogP contribution in [0, 0.1) is 13.8 Å². The van der Waals surface area contributed by atoms with Crippen molar-refractivity contribution in [1.29, 1.82) is 0 Å². The molecular formula is C12H16N6OS. The second-order valence-electron chi connectivity index (χ2n) is 4.16. The number of hydrogen-bond donors (Lipinski definition) is 3. The molecule has 0 aliphatic carbocycles. The lowest BCUT2D eigenvalue weighted by Crippen LogP contribution is -2.10. The Labute approximate surface area is 120 Å². The zero-order chi connectivity index (χ0) is 14.7. The Kier molecular flexibility index (Phi) is 4.23. The highest BCUT2D eigenvalue weighted by molar-refractivity contribution is 7.99. The average Bonchev–Trinajstić information content (AvgIpc) is 2.34. The highest BCUT2D eigenvalue weighted by Crippen LogP contribution is 2.28. The van der Waals surface area contributed by atoms with Crippen LogP contribution in [0.15, 0.2) is 21.0 Å². The van der Waals surface area contributed by atoms with Crippen molar-refractivity contribution in [3.8, 4) is 0 Å². The lowest BCUT2D eigenvalue weighted by Gasteiger charge is -2.11. The van der Waals surface area contributed by atoms with Gasteiger partial charge in [0.1, 0.15) is 22.5 Å². The Bertz CT molecular complexity index is 684. The second-order valence-corrected chi connectivity index (χ2v) is 5.13. The fourth-order valence-corrected chi connectivity index (χ4v) is 2.55. The highest BCUT2D eigenvalue weighted by Gasteiger charge is 2.11. The van der Waals surface area contributed by atoms with Gasteiger partial charge in [-0.25, -0.2) is 15.0 Å². The smallest absolute Gasteiger partial charge is 0.253 e. The summed E-state index contributed by atoms with van der Waals surface area (Å²) in [6.45, 7) is 6.51. The molecule has 0 fully saturated rings. The van der Waals surface area contributed by atoms with E-state index in [0.29, 0.717) is 11.0 Å². The molecule has 0 saturated heterocycles. The molecule has 2 aromatic heterocycles. The summed E-state index contributed by atoms with van der Waals surface area (Å²) < 4.78 is 0. The number of aromatic amines is 1. The van der Waals surface area contributed by atoms with E-state index in [4.69, 9.17) is 5.73 Å². The van der Waals surface area contributed by atoms with Crippen LogP contribution in [-0.4, -0.2) is 26.5 Å². The molecule has 20 heavy (non-hydrogen) atoms. The van der Waals surface area contributed by atoms with Crippen LogP contribution >= 0.6 is 11.8 Å². The standard InChI is InChI=1S/C12H16N6OS/c1-4-14-10-6(2)11(16-7(3)15-10)20-12-17-8(13)5-9(19)18-12/h5H,4H2,1-3H3,(H,14,15,16)(H3,13,17,18,19). The van der Waals surface area contributed by atoms with E-state index >= 15 is 0 Å². The van der Waals surface area contributed by atoms with Gasteiger partial charge >= 0.3 is 0 Å². The van der Waals surface area contributed by atoms with Crippen LogP contribution in [0.5, 0.6) is 0 Å². The number of aryl methyl sites for hydroxylation is 1. The summed E-state index contributed by atoms with van der Waals surface area (Å²) in [6.07, 6.45) is 0. The Balaban J connectivity index is 2.40. The monoisotopic (exact) mass is 292 g/mol. The van der Waals surface area contributed by atoms with Crippen molar-refractivity contribution in [1.82, 2.24) is 19.9 Å². The molecule has 0 amide bonds. The SMILES string of the molecule is CCNc1nc(C)nc(Sc2nc(N)cc(=O)[nH]2)c1C. The topological polar surface area (TPSA) is 110 Å². The van der Waals surface area contributed by atoms with Crippen LogP contribution in [0.4, 0.5) is 11.6 Å². The van der Waals surface area contributed by atoms with Crippen molar-refractivity contribution >= 4 is 23.4 Å². The predicted molar refractivity (Wildman–Crippen MR) is 79.1 cm³/mol. The minimum Gasteiger partial charge on any atom is -0.383 e. The minimum atomic E-state index is -0.282. The normalized spacial score (nSPS) is 10.6. The second kappa shape index (κ2) is 5.91. The third kappa shape index (κ3) is 3.27. The van der Waals surface area contributed by atoms with E-state index in [1.807, 2.05) is 20.8 Å². The van der Waals surface area contributed by atoms with Crippen LogP contribution < -0.4 is 16.6 Å². The Morgan fingerprint density at radius 3 is 2.75 bits per heavy atom. The lowest BCUT2D eigenvalue weighted by molar-refractivity contribution is 0.909. The number of nitrogen functional groups attached to an aromatic ring is 1. The molecule has 0 aromatic carbocycles. The predicted octanol–water partition coefficient (Wildman–Crippen LogP) is 1.34. The third-order valence-corrected chi connectivity index (χ3v) is 3.47. The van der Waals surface area contributed by atoms with Gasteiger partial charge in [0.05, 0.1) is 0 Å². The molecule has 106 valence electrons. The molecule has 4 N–H and O–H groups in total. The Morgan fingerprint density at radius 2 is 2.10 bits per heavy atom. The number of anilines is 2. The molecule has 7 nitrogen and oxygen atoms in total. The van der Waals surface area contributed by atoms with E-state index in [0.717, 1.165) is 23.0 Å². The van der Waals surface area contributed by atoms with E-state index in [9.17, 15) is 4.79 Å². The molecule has 0 spiro atoms. The maximum absolute atomic E-state index is 11.4. The van der Waals surface area contributed by atoms with E-state index in [-0.39, 0.29) is 11.4 Å². The molecule has 0 aliphatic heterocycles. The first-order valence-electron chi connectivity index (χ1n) is 6.13. The van der Waals surface area contributed by atoms with Gasteiger partial charge in [0.25, 0.3) is 5.56 Å². The molecule has 0 atom stereocenters. The van der Waals surface area contributed by atoms with Gasteiger partial charge in [0, 0.05) is 18.2 Å². The summed E-state index contributed by atoms with van der Waals surface area (Å²) in [4.78, 5) is 26.8. The van der Waals surface area contributed by atoms with Gasteiger partial charge in [-0.2, -0.15) is 0 Å². The Hall–Kier alpha value is -2.09. The van der Waals surface area contributed by atoms with Gasteiger partial charge in [-0.15, -0.1) is 0 Å². The molecule has 2 rings (SSSR count).